The lowest BCUT2D eigenvalue weighted by Crippen LogP contribution is -2.41. The zero-order chi connectivity index (χ0) is 19.6. The number of carbonyl (C=O) groups is 1. The average Bonchev–Trinajstić information content (AvgIpc) is 3.05. The summed E-state index contributed by atoms with van der Waals surface area (Å²) in [6.45, 7) is 0. The number of furan rings is 1. The summed E-state index contributed by atoms with van der Waals surface area (Å²) >= 11 is 0. The number of nitrogens with one attached hydrogen (secondary N) is 2. The molecule has 0 aliphatic rings. The molecule has 1 heterocycles. The van der Waals surface area contributed by atoms with E-state index in [4.69, 9.17) is 13.9 Å². The van der Waals surface area contributed by atoms with Gasteiger partial charge in [0.15, 0.2) is 17.1 Å². The Bertz CT molecular complexity index is 1090. The minimum Gasteiger partial charge on any atom is -0.493 e. The number of halogens is 1. The number of ether oxygens (including phenoxy) is 2. The zero-order valence-electron chi connectivity index (χ0n) is 14.3. The summed E-state index contributed by atoms with van der Waals surface area (Å²) in [7, 11) is -1.30. The van der Waals surface area contributed by atoms with Crippen molar-refractivity contribution in [3.63, 3.8) is 0 Å². The summed E-state index contributed by atoms with van der Waals surface area (Å²) in [6.07, 6.45) is 0. The van der Waals surface area contributed by atoms with Gasteiger partial charge in [0.05, 0.1) is 24.5 Å². The van der Waals surface area contributed by atoms with E-state index in [1.807, 2.05) is 10.3 Å². The molecule has 3 aromatic rings. The van der Waals surface area contributed by atoms with Crippen LogP contribution < -0.4 is 19.7 Å². The molecule has 1 amide bonds. The minimum absolute atomic E-state index is 0.127. The Morgan fingerprint density at radius 2 is 1.78 bits per heavy atom. The largest absolute Gasteiger partial charge is 0.493 e. The highest BCUT2D eigenvalue weighted by Crippen LogP contribution is 2.37. The Morgan fingerprint density at radius 1 is 1.07 bits per heavy atom. The van der Waals surface area contributed by atoms with Crippen LogP contribution in [0, 0.1) is 5.82 Å². The molecule has 0 spiro atoms. The highest BCUT2D eigenvalue weighted by Gasteiger charge is 2.25. The molecule has 2 N–H and O–H groups in total. The number of methoxy groups -OCH3 is 2. The molecule has 3 rings (SSSR count). The van der Waals surface area contributed by atoms with E-state index in [-0.39, 0.29) is 22.0 Å². The van der Waals surface area contributed by atoms with Crippen LogP contribution in [0.15, 0.2) is 51.8 Å². The van der Waals surface area contributed by atoms with Gasteiger partial charge in [0, 0.05) is 0 Å². The second kappa shape index (κ2) is 7.25. The van der Waals surface area contributed by atoms with Gasteiger partial charge in [0.1, 0.15) is 5.82 Å². The van der Waals surface area contributed by atoms with Crippen molar-refractivity contribution in [2.45, 2.75) is 4.90 Å². The van der Waals surface area contributed by atoms with Crippen LogP contribution in [0.2, 0.25) is 0 Å². The number of amides is 1. The van der Waals surface area contributed by atoms with Gasteiger partial charge in [-0.2, -0.15) is 0 Å². The maximum Gasteiger partial charge on any atom is 0.305 e. The van der Waals surface area contributed by atoms with Gasteiger partial charge in [-0.05, 0) is 36.4 Å². The first kappa shape index (κ1) is 18.7. The second-order valence-electron chi connectivity index (χ2n) is 5.31. The maximum atomic E-state index is 12.9. The third-order valence-corrected chi connectivity index (χ3v) is 4.95. The Morgan fingerprint density at radius 3 is 2.41 bits per heavy atom. The molecule has 0 aliphatic carbocycles. The topological polar surface area (TPSA) is 107 Å². The quantitative estimate of drug-likeness (QED) is 0.621. The lowest BCUT2D eigenvalue weighted by Gasteiger charge is -2.08. The predicted molar refractivity (Wildman–Crippen MR) is 93.5 cm³/mol. The van der Waals surface area contributed by atoms with Crippen LogP contribution in [0.3, 0.4) is 0 Å². The summed E-state index contributed by atoms with van der Waals surface area (Å²) in [5.41, 5.74) is 2.32. The van der Waals surface area contributed by atoms with Crippen LogP contribution in [-0.4, -0.2) is 28.5 Å². The molecule has 0 radical (unpaired) electrons. The highest BCUT2D eigenvalue weighted by molar-refractivity contribution is 7.89. The first-order chi connectivity index (χ1) is 12.9. The van der Waals surface area contributed by atoms with Gasteiger partial charge in [0.2, 0.25) is 5.76 Å². The van der Waals surface area contributed by atoms with Gasteiger partial charge in [-0.1, -0.05) is 6.07 Å². The normalized spacial score (nSPS) is 11.4. The van der Waals surface area contributed by atoms with Crippen LogP contribution in [-0.2, 0) is 10.0 Å². The van der Waals surface area contributed by atoms with Crippen molar-refractivity contribution < 1.29 is 31.5 Å². The highest BCUT2D eigenvalue weighted by atomic mass is 32.2. The molecule has 0 unspecified atom stereocenters. The third kappa shape index (κ3) is 3.57. The molecule has 2 aromatic carbocycles. The Balaban J connectivity index is 1.87. The maximum absolute atomic E-state index is 12.9. The summed E-state index contributed by atoms with van der Waals surface area (Å²) in [5, 5.41) is 0.489. The van der Waals surface area contributed by atoms with Crippen LogP contribution in [0.5, 0.6) is 11.5 Å². The number of carbonyl (C=O) groups excluding carboxylic acids is 1. The first-order valence-corrected chi connectivity index (χ1v) is 9.07. The third-order valence-electron chi connectivity index (χ3n) is 3.69. The molecule has 0 saturated carbocycles. The number of hydrogen-bond acceptors (Lipinski definition) is 6. The fourth-order valence-electron chi connectivity index (χ4n) is 2.43. The Kier molecular flexibility index (Phi) is 5.02. The second-order valence-corrected chi connectivity index (χ2v) is 7.00. The van der Waals surface area contributed by atoms with Crippen molar-refractivity contribution in [2.75, 3.05) is 14.2 Å². The van der Waals surface area contributed by atoms with Gasteiger partial charge in [0.25, 0.3) is 10.0 Å². The van der Waals surface area contributed by atoms with E-state index in [9.17, 15) is 17.6 Å². The van der Waals surface area contributed by atoms with Crippen molar-refractivity contribution in [1.82, 2.24) is 10.3 Å². The molecule has 0 bridgehead atoms. The van der Waals surface area contributed by atoms with Crippen molar-refractivity contribution in [1.29, 1.82) is 0 Å². The van der Waals surface area contributed by atoms with E-state index in [1.165, 1.54) is 14.2 Å². The molecule has 27 heavy (non-hydrogen) atoms. The van der Waals surface area contributed by atoms with Crippen molar-refractivity contribution in [3.8, 4) is 11.5 Å². The predicted octanol–water partition coefficient (Wildman–Crippen LogP) is 2.21. The molecule has 0 aliphatic heterocycles. The first-order valence-electron chi connectivity index (χ1n) is 7.58. The lowest BCUT2D eigenvalue weighted by atomic mass is 10.2. The minimum atomic E-state index is -4.10. The number of sulfonamides is 1. The van der Waals surface area contributed by atoms with E-state index < -0.39 is 21.7 Å². The molecule has 0 saturated heterocycles. The number of para-hydroxylation sites is 1. The van der Waals surface area contributed by atoms with E-state index in [0.29, 0.717) is 11.1 Å². The summed E-state index contributed by atoms with van der Waals surface area (Å²) in [5.74, 6) is -1.19. The van der Waals surface area contributed by atoms with Gasteiger partial charge in [-0.3, -0.25) is 10.2 Å². The Hall–Kier alpha value is -3.11. The SMILES string of the molecule is COc1c(C(=O)NNS(=O)(=O)c2ccc(F)cc2)oc2c(OC)cccc12. The fourth-order valence-corrected chi connectivity index (χ4v) is 3.27. The molecule has 10 heteroatoms. The van der Waals surface area contributed by atoms with Crippen LogP contribution in [0.1, 0.15) is 10.6 Å². The van der Waals surface area contributed by atoms with E-state index in [1.54, 1.807) is 18.2 Å². The molecule has 1 aromatic heterocycles. The van der Waals surface area contributed by atoms with Crippen molar-refractivity contribution in [3.05, 3.63) is 54.0 Å². The van der Waals surface area contributed by atoms with Gasteiger partial charge >= 0.3 is 5.91 Å². The number of hydrazine groups is 1. The lowest BCUT2D eigenvalue weighted by molar-refractivity contribution is 0.0915. The summed E-state index contributed by atoms with van der Waals surface area (Å²) < 4.78 is 53.2. The monoisotopic (exact) mass is 394 g/mol. The Labute approximate surface area is 153 Å². The standard InChI is InChI=1S/C17H15FN2O6S/c1-24-13-5-3-4-12-14(13)26-16(15(12)25-2)17(21)19-20-27(22,23)11-8-6-10(18)7-9-11/h3-9,20H,1-2H3,(H,19,21). The number of hydrogen-bond donors (Lipinski definition) is 2. The van der Waals surface area contributed by atoms with Crippen molar-refractivity contribution >= 4 is 26.9 Å². The van der Waals surface area contributed by atoms with E-state index >= 15 is 0 Å². The molecule has 0 atom stereocenters. The van der Waals surface area contributed by atoms with Gasteiger partial charge in [-0.25, -0.2) is 12.8 Å². The zero-order valence-corrected chi connectivity index (χ0v) is 15.1. The number of rotatable bonds is 6. The smallest absolute Gasteiger partial charge is 0.305 e. The van der Waals surface area contributed by atoms with Crippen LogP contribution in [0.25, 0.3) is 11.0 Å². The molecule has 0 fully saturated rings. The van der Waals surface area contributed by atoms with Gasteiger partial charge in [-0.15, -0.1) is 4.83 Å². The number of fused-ring (bicyclic) bond motifs is 1. The van der Waals surface area contributed by atoms with Crippen molar-refractivity contribution in [2.24, 2.45) is 0 Å². The molecular formula is C17H15FN2O6S. The molecule has 142 valence electrons. The summed E-state index contributed by atoms with van der Waals surface area (Å²) in [6, 6.07) is 9.12. The average molecular weight is 394 g/mol. The summed E-state index contributed by atoms with van der Waals surface area (Å²) in [4.78, 5) is 14.1. The van der Waals surface area contributed by atoms with Crippen LogP contribution >= 0.6 is 0 Å². The van der Waals surface area contributed by atoms with Gasteiger partial charge < -0.3 is 13.9 Å². The number of benzene rings is 2. The molecular weight excluding hydrogens is 379 g/mol. The van der Waals surface area contributed by atoms with E-state index in [2.05, 4.69) is 0 Å². The van der Waals surface area contributed by atoms with Crippen LogP contribution in [0.4, 0.5) is 4.39 Å². The van der Waals surface area contributed by atoms with E-state index in [0.717, 1.165) is 24.3 Å². The molecule has 8 nitrogen and oxygen atoms in total. The fraction of sp³-hybridized carbons (Fsp3) is 0.118.